The van der Waals surface area contributed by atoms with E-state index in [1.807, 2.05) is 34.1 Å². The Bertz CT molecular complexity index is 1390. The first-order valence-electron chi connectivity index (χ1n) is 11.4. The molecule has 0 aliphatic carbocycles. The van der Waals surface area contributed by atoms with Gasteiger partial charge in [-0.3, -0.25) is 14.5 Å². The van der Waals surface area contributed by atoms with E-state index in [2.05, 4.69) is 14.9 Å². The summed E-state index contributed by atoms with van der Waals surface area (Å²) < 4.78 is 6.02. The van der Waals surface area contributed by atoms with E-state index in [9.17, 15) is 9.59 Å². The predicted octanol–water partition coefficient (Wildman–Crippen LogP) is 3.89. The number of halogens is 1. The van der Waals surface area contributed by atoms with Crippen molar-refractivity contribution in [1.29, 1.82) is 0 Å². The van der Waals surface area contributed by atoms with Gasteiger partial charge in [-0.2, -0.15) is 0 Å². The molecule has 2 aromatic heterocycles. The number of likely N-dealkylation sites (tertiary alicyclic amines) is 1. The van der Waals surface area contributed by atoms with Crippen LogP contribution in [-0.4, -0.2) is 81.8 Å². The van der Waals surface area contributed by atoms with Crippen LogP contribution in [0.15, 0.2) is 57.8 Å². The zero-order valence-electron chi connectivity index (χ0n) is 18.8. The number of aromatic nitrogens is 2. The molecule has 6 rings (SSSR count). The summed E-state index contributed by atoms with van der Waals surface area (Å²) in [6.45, 7) is 4.25. The Morgan fingerprint density at radius 2 is 1.80 bits per heavy atom. The van der Waals surface area contributed by atoms with E-state index in [4.69, 9.17) is 16.0 Å². The quantitative estimate of drug-likeness (QED) is 0.417. The number of nitrogens with zero attached hydrogens (tertiary/aromatic N) is 5. The monoisotopic (exact) mass is 507 g/mol. The van der Waals surface area contributed by atoms with Gasteiger partial charge in [0.15, 0.2) is 5.58 Å². The van der Waals surface area contributed by atoms with Gasteiger partial charge in [-0.15, -0.1) is 11.3 Å². The van der Waals surface area contributed by atoms with Gasteiger partial charge in [0.05, 0.1) is 11.1 Å². The highest BCUT2D eigenvalue weighted by atomic mass is 35.5. The maximum atomic E-state index is 13.3. The highest BCUT2D eigenvalue weighted by Crippen LogP contribution is 2.30. The van der Waals surface area contributed by atoms with E-state index in [1.54, 1.807) is 29.1 Å². The minimum absolute atomic E-state index is 0.00592. The molecule has 4 heterocycles. The first-order valence-corrected chi connectivity index (χ1v) is 12.8. The maximum Gasteiger partial charge on any atom is 0.273 e. The van der Waals surface area contributed by atoms with Crippen molar-refractivity contribution in [3.8, 4) is 11.5 Å². The van der Waals surface area contributed by atoms with Gasteiger partial charge in [0.25, 0.3) is 11.8 Å². The largest absolute Gasteiger partial charge is 0.435 e. The van der Waals surface area contributed by atoms with Crippen LogP contribution in [0.25, 0.3) is 22.6 Å². The SMILES string of the molecule is O=C(c1cscn1)N1CCN(C2CN(C(=O)c3cccc4nc(-c5cccc(Cl)c5)oc34)C2)CC1. The van der Waals surface area contributed by atoms with E-state index in [-0.39, 0.29) is 11.8 Å². The van der Waals surface area contributed by atoms with Crippen LogP contribution < -0.4 is 0 Å². The molecule has 0 spiro atoms. The molecule has 2 aliphatic heterocycles. The van der Waals surface area contributed by atoms with Gasteiger partial charge in [-0.25, -0.2) is 9.97 Å². The predicted molar refractivity (Wildman–Crippen MR) is 134 cm³/mol. The molecule has 8 nitrogen and oxygen atoms in total. The molecule has 2 fully saturated rings. The maximum absolute atomic E-state index is 13.3. The molecule has 0 N–H and O–H groups in total. The van der Waals surface area contributed by atoms with Crippen LogP contribution in [0.4, 0.5) is 0 Å². The molecule has 0 bridgehead atoms. The van der Waals surface area contributed by atoms with Crippen molar-refractivity contribution < 1.29 is 14.0 Å². The van der Waals surface area contributed by atoms with Gasteiger partial charge < -0.3 is 14.2 Å². The van der Waals surface area contributed by atoms with Crippen molar-refractivity contribution in [2.45, 2.75) is 6.04 Å². The Balaban J connectivity index is 1.10. The topological polar surface area (TPSA) is 82.8 Å². The standard InChI is InChI=1S/C25H22ClN5O3S/c26-17-4-1-3-16(11-17)23-28-20-6-2-5-19(22(20)34-23)24(32)31-12-18(13-31)29-7-9-30(10-8-29)25(33)21-14-35-15-27-21/h1-6,11,14-15,18H,7-10,12-13H2. The molecule has 0 saturated carbocycles. The Hall–Kier alpha value is -3.27. The summed E-state index contributed by atoms with van der Waals surface area (Å²) in [6, 6.07) is 13.1. The number of thiazole rings is 1. The van der Waals surface area contributed by atoms with Crippen molar-refractivity contribution in [2.75, 3.05) is 39.3 Å². The molecule has 0 unspecified atom stereocenters. The van der Waals surface area contributed by atoms with Crippen LogP contribution in [-0.2, 0) is 0 Å². The Morgan fingerprint density at radius 1 is 1.00 bits per heavy atom. The number of hydrogen-bond acceptors (Lipinski definition) is 7. The molecule has 2 amide bonds. The average molecular weight is 508 g/mol. The van der Waals surface area contributed by atoms with Crippen molar-refractivity contribution in [1.82, 2.24) is 24.7 Å². The molecule has 4 aromatic rings. The van der Waals surface area contributed by atoms with Crippen LogP contribution in [0.2, 0.25) is 5.02 Å². The minimum Gasteiger partial charge on any atom is -0.435 e. The summed E-state index contributed by atoms with van der Waals surface area (Å²) in [5, 5.41) is 2.39. The lowest BCUT2D eigenvalue weighted by atomic mass is 10.0. The second-order valence-electron chi connectivity index (χ2n) is 8.75. The number of fused-ring (bicyclic) bond motifs is 1. The summed E-state index contributed by atoms with van der Waals surface area (Å²) in [7, 11) is 0. The molecular formula is C25H22ClN5O3S. The fourth-order valence-electron chi connectivity index (χ4n) is 4.66. The molecule has 178 valence electrons. The van der Waals surface area contributed by atoms with Gasteiger partial charge in [0, 0.05) is 61.3 Å². The van der Waals surface area contributed by atoms with Gasteiger partial charge >= 0.3 is 0 Å². The average Bonchev–Trinajstić information content (AvgIpc) is 3.53. The summed E-state index contributed by atoms with van der Waals surface area (Å²) in [4.78, 5) is 40.5. The van der Waals surface area contributed by atoms with Crippen LogP contribution in [0.3, 0.4) is 0 Å². The molecule has 0 radical (unpaired) electrons. The van der Waals surface area contributed by atoms with Gasteiger partial charge in [-0.05, 0) is 30.3 Å². The molecule has 0 atom stereocenters. The fourth-order valence-corrected chi connectivity index (χ4v) is 5.37. The molecule has 35 heavy (non-hydrogen) atoms. The Morgan fingerprint density at radius 3 is 2.54 bits per heavy atom. The van der Waals surface area contributed by atoms with Crippen LogP contribution in [0.5, 0.6) is 0 Å². The number of hydrogen-bond donors (Lipinski definition) is 0. The molecular weight excluding hydrogens is 486 g/mol. The summed E-state index contributed by atoms with van der Waals surface area (Å²) in [6.07, 6.45) is 0. The van der Waals surface area contributed by atoms with E-state index in [0.29, 0.717) is 65.5 Å². The third-order valence-corrected chi connectivity index (χ3v) is 7.46. The summed E-state index contributed by atoms with van der Waals surface area (Å²) in [5.74, 6) is 0.376. The van der Waals surface area contributed by atoms with Gasteiger partial charge in [0.1, 0.15) is 11.2 Å². The molecule has 10 heteroatoms. The molecule has 2 aromatic carbocycles. The minimum atomic E-state index is -0.0574. The smallest absolute Gasteiger partial charge is 0.273 e. The highest BCUT2D eigenvalue weighted by molar-refractivity contribution is 7.07. The van der Waals surface area contributed by atoms with Gasteiger partial charge in [0.2, 0.25) is 5.89 Å². The second kappa shape index (κ2) is 9.07. The van der Waals surface area contributed by atoms with E-state index in [1.165, 1.54) is 11.3 Å². The molecule has 2 aliphatic rings. The van der Waals surface area contributed by atoms with Crippen LogP contribution in [0, 0.1) is 0 Å². The lowest BCUT2D eigenvalue weighted by molar-refractivity contribution is 0.00849. The second-order valence-corrected chi connectivity index (χ2v) is 9.90. The summed E-state index contributed by atoms with van der Waals surface area (Å²) in [5.41, 5.74) is 4.61. The molecule has 2 saturated heterocycles. The van der Waals surface area contributed by atoms with Crippen LogP contribution in [0.1, 0.15) is 20.8 Å². The number of para-hydroxylation sites is 1. The lowest BCUT2D eigenvalue weighted by Gasteiger charge is -2.48. The first kappa shape index (κ1) is 22.2. The lowest BCUT2D eigenvalue weighted by Crippen LogP contribution is -2.64. The Labute approximate surface area is 210 Å². The van der Waals surface area contributed by atoms with E-state index in [0.717, 1.165) is 18.7 Å². The van der Waals surface area contributed by atoms with E-state index < -0.39 is 0 Å². The van der Waals surface area contributed by atoms with E-state index >= 15 is 0 Å². The highest BCUT2D eigenvalue weighted by Gasteiger charge is 2.38. The number of rotatable bonds is 4. The zero-order valence-corrected chi connectivity index (χ0v) is 20.3. The Kier molecular flexibility index (Phi) is 5.75. The van der Waals surface area contributed by atoms with Crippen LogP contribution >= 0.6 is 22.9 Å². The van der Waals surface area contributed by atoms with Crippen molar-refractivity contribution in [3.63, 3.8) is 0 Å². The first-order chi connectivity index (χ1) is 17.1. The fraction of sp³-hybridized carbons (Fsp3) is 0.280. The van der Waals surface area contributed by atoms with Crippen molar-refractivity contribution in [2.24, 2.45) is 0 Å². The third kappa shape index (κ3) is 4.20. The van der Waals surface area contributed by atoms with Gasteiger partial charge in [-0.1, -0.05) is 23.7 Å². The van der Waals surface area contributed by atoms with Crippen molar-refractivity contribution in [3.05, 3.63) is 69.6 Å². The zero-order chi connectivity index (χ0) is 23.9. The van der Waals surface area contributed by atoms with Crippen molar-refractivity contribution >= 4 is 45.9 Å². The normalized spacial score (nSPS) is 17.1. The summed E-state index contributed by atoms with van der Waals surface area (Å²) >= 11 is 7.54. The number of piperazine rings is 1. The number of carbonyl (C=O) groups is 2. The third-order valence-electron chi connectivity index (χ3n) is 6.64. The number of oxazole rings is 1. The number of carbonyl (C=O) groups excluding carboxylic acids is 2. The number of benzene rings is 2. The number of amides is 2.